The molecule has 0 bridgehead atoms. The smallest absolute Gasteiger partial charge is 1.00 e. The fraction of sp³-hybridized carbons (Fsp3) is 0. The minimum absolute atomic E-state index is 0. The number of halogens is 6. The Morgan fingerprint density at radius 1 is 0.625 bits per heavy atom. The van der Waals surface area contributed by atoms with E-state index in [9.17, 15) is 0 Å². The van der Waals surface area contributed by atoms with Crippen LogP contribution in [0.15, 0.2) is 0 Å². The summed E-state index contributed by atoms with van der Waals surface area (Å²) in [6, 6.07) is 0. The third-order valence-electron chi connectivity index (χ3n) is 0. The molecular weight excluding hydrogens is 621 g/mol. The molecule has 0 nitrogen and oxygen atoms in total. The molecule has 0 aliphatic heterocycles. The van der Waals surface area contributed by atoms with Crippen LogP contribution in [0.25, 0.3) is 0 Å². The summed E-state index contributed by atoms with van der Waals surface area (Å²) in [4.78, 5) is 0. The Hall–Kier alpha value is 5.14. The summed E-state index contributed by atoms with van der Waals surface area (Å²) in [6.45, 7) is 0. The zero-order chi connectivity index (χ0) is 6.41. The molecule has 8 heteroatoms. The predicted molar refractivity (Wildman–Crippen MR) is 53.6 cm³/mol. The Morgan fingerprint density at radius 3 is 0.625 bits per heavy atom. The van der Waals surface area contributed by atoms with Crippen molar-refractivity contribution in [1.82, 2.24) is 0 Å². The van der Waals surface area contributed by atoms with Gasteiger partial charge in [-0.2, -0.15) is 0 Å². The molecule has 0 amide bonds. The van der Waals surface area contributed by atoms with Crippen molar-refractivity contribution in [3.05, 3.63) is 0 Å². The third-order valence-corrected chi connectivity index (χ3v) is 0. The van der Waals surface area contributed by atoms with Gasteiger partial charge in [0.2, 0.25) is 0 Å². The van der Waals surface area contributed by atoms with Crippen LogP contribution in [0.5, 0.6) is 0 Å². The topological polar surface area (TPSA) is 0 Å². The van der Waals surface area contributed by atoms with Gasteiger partial charge in [-0.1, -0.05) is 0 Å². The van der Waals surface area contributed by atoms with Crippen molar-refractivity contribution in [2.45, 2.75) is 0 Å². The average molecular weight is 621 g/mol. The van der Waals surface area contributed by atoms with Crippen LogP contribution in [0.3, 0.4) is 0 Å². The van der Waals surface area contributed by atoms with Gasteiger partial charge in [0.05, 0.1) is 0 Å². The maximum absolute atomic E-state index is 3.34. The van der Waals surface area contributed by atoms with E-state index in [2.05, 4.69) is 81.7 Å². The summed E-state index contributed by atoms with van der Waals surface area (Å²) in [7, 11) is 0. The van der Waals surface area contributed by atoms with E-state index < -0.39 is 0.665 Å². The Kier molecular flexibility index (Phi) is 7.24. The molecule has 0 heterocycles. The standard InChI is InChI=1S/6BrH.K.Rh/h6*1H;;/q;;;;;;+1;+6/p-6. The fourth-order valence-electron chi connectivity index (χ4n) is 0. The van der Waals surface area contributed by atoms with Crippen molar-refractivity contribution in [2.24, 2.45) is 0 Å². The summed E-state index contributed by atoms with van der Waals surface area (Å²) in [6.07, 6.45) is 0. The molecule has 0 aliphatic rings. The third kappa shape index (κ3) is 43.4. The van der Waals surface area contributed by atoms with Crippen LogP contribution in [-0.4, -0.2) is 0 Å². The first-order valence-electron chi connectivity index (χ1n) is 0.756. The van der Waals surface area contributed by atoms with Gasteiger partial charge in [0.15, 0.2) is 0 Å². The molecular formula is Br6KRh+. The molecule has 0 radical (unpaired) electrons. The molecule has 0 saturated carbocycles. The molecule has 0 N–H and O–H groups in total. The Bertz CT molecular complexity index is 67.1. The molecule has 8 heavy (non-hydrogen) atoms. The van der Waals surface area contributed by atoms with Crippen LogP contribution in [0.1, 0.15) is 0 Å². The van der Waals surface area contributed by atoms with Crippen LogP contribution in [0.2, 0.25) is 0 Å². The molecule has 0 aromatic rings. The number of hydrogen-bond donors (Lipinski definition) is 0. The van der Waals surface area contributed by atoms with Crippen LogP contribution >= 0.6 is 81.7 Å². The molecule has 0 unspecified atom stereocenters. The largest absolute Gasteiger partial charge is 1.00 e. The summed E-state index contributed by atoms with van der Waals surface area (Å²) >= 11 is 20.0. The van der Waals surface area contributed by atoms with Gasteiger partial charge in [0, 0.05) is 0 Å². The maximum Gasteiger partial charge on any atom is 1.00 e. The first kappa shape index (κ1) is 15.6. The van der Waals surface area contributed by atoms with Gasteiger partial charge in [0.25, 0.3) is 0 Å². The van der Waals surface area contributed by atoms with Gasteiger partial charge in [0.1, 0.15) is 0 Å². The van der Waals surface area contributed by atoms with Gasteiger partial charge in [-0.05, 0) is 0 Å². The second-order valence-corrected chi connectivity index (χ2v) is 114. The molecule has 0 saturated heterocycles. The van der Waals surface area contributed by atoms with Crippen molar-refractivity contribution in [3.8, 4) is 0 Å². The zero-order valence-electron chi connectivity index (χ0n) is 3.60. The minimum Gasteiger partial charge on any atom is 1.00 e. The van der Waals surface area contributed by atoms with Gasteiger partial charge in [-0.25, -0.2) is 0 Å². The van der Waals surface area contributed by atoms with Crippen molar-refractivity contribution in [2.75, 3.05) is 0 Å². The molecule has 0 atom stereocenters. The SMILES string of the molecule is [Br][Rh]([Br])([Br])([Br])([Br])[Br].[K+]. The summed E-state index contributed by atoms with van der Waals surface area (Å²) in [5.41, 5.74) is 0. The van der Waals surface area contributed by atoms with Crippen LogP contribution in [0, 0.1) is 0 Å². The molecule has 51 valence electrons. The normalized spacial score (nSPS) is 20.2. The fourth-order valence-corrected chi connectivity index (χ4v) is 0. The molecule has 0 aromatic heterocycles. The van der Waals surface area contributed by atoms with Gasteiger partial charge in [-0.3, -0.25) is 0 Å². The molecule has 0 fully saturated rings. The second-order valence-electron chi connectivity index (χ2n) is 0.714. The molecule has 0 aliphatic carbocycles. The minimum atomic E-state index is -3.11. The maximum atomic E-state index is 3.34. The molecule has 0 rings (SSSR count). The van der Waals surface area contributed by atoms with Crippen LogP contribution in [0.4, 0.5) is 0 Å². The number of rotatable bonds is 0. The van der Waals surface area contributed by atoms with Crippen LogP contribution in [-0.2, 0) is 0.665 Å². The number of hydrogen-bond acceptors (Lipinski definition) is 0. The van der Waals surface area contributed by atoms with Crippen molar-refractivity contribution in [3.63, 3.8) is 0 Å². The van der Waals surface area contributed by atoms with E-state index in [0.29, 0.717) is 0 Å². The van der Waals surface area contributed by atoms with E-state index in [1.165, 1.54) is 0 Å². The van der Waals surface area contributed by atoms with Gasteiger partial charge < -0.3 is 0 Å². The van der Waals surface area contributed by atoms with Crippen molar-refractivity contribution in [1.29, 1.82) is 0 Å². The first-order valence-corrected chi connectivity index (χ1v) is 23.2. The summed E-state index contributed by atoms with van der Waals surface area (Å²) in [5.74, 6) is 0. The summed E-state index contributed by atoms with van der Waals surface area (Å²) in [5, 5.41) is 0. The quantitative estimate of drug-likeness (QED) is 0.364. The van der Waals surface area contributed by atoms with E-state index in [1.807, 2.05) is 0 Å². The Balaban J connectivity index is 0. The molecule has 0 aromatic carbocycles. The summed E-state index contributed by atoms with van der Waals surface area (Å²) < 4.78 is -3.11. The monoisotopic (exact) mass is 615 g/mol. The van der Waals surface area contributed by atoms with Crippen LogP contribution < -0.4 is 51.4 Å². The van der Waals surface area contributed by atoms with E-state index >= 15 is 0 Å². The van der Waals surface area contributed by atoms with Gasteiger partial charge >= 0.3 is 134 Å². The predicted octanol–water partition coefficient (Wildman–Crippen LogP) is 2.08. The van der Waals surface area contributed by atoms with E-state index in [0.717, 1.165) is 0 Å². The van der Waals surface area contributed by atoms with E-state index in [1.54, 1.807) is 0 Å². The Labute approximate surface area is 129 Å². The van der Waals surface area contributed by atoms with E-state index in [-0.39, 0.29) is 51.4 Å². The first-order chi connectivity index (χ1) is 2.45. The Morgan fingerprint density at radius 2 is 0.625 bits per heavy atom. The van der Waals surface area contributed by atoms with Crippen molar-refractivity contribution < 1.29 is 52.1 Å². The van der Waals surface area contributed by atoms with E-state index in [4.69, 9.17) is 0 Å². The average Bonchev–Trinajstić information content (AvgIpc) is 0.592. The van der Waals surface area contributed by atoms with Gasteiger partial charge in [-0.15, -0.1) is 0 Å². The molecule has 0 spiro atoms. The second kappa shape index (κ2) is 3.71. The van der Waals surface area contributed by atoms with Crippen molar-refractivity contribution >= 4 is 81.7 Å². The zero-order valence-corrected chi connectivity index (χ0v) is 17.9.